The molecule has 0 aliphatic carbocycles. The topological polar surface area (TPSA) is 25.8 Å². The van der Waals surface area contributed by atoms with Crippen LogP contribution in [0.3, 0.4) is 0 Å². The quantitative estimate of drug-likeness (QED) is 0.787. The molecule has 0 atom stereocenters. The third-order valence-electron chi connectivity index (χ3n) is 2.20. The summed E-state index contributed by atoms with van der Waals surface area (Å²) in [6.07, 6.45) is 3.49. The first-order valence-corrected chi connectivity index (χ1v) is 5.51. The monoisotopic (exact) mass is 254 g/mol. The molecule has 2 rings (SSSR count). The van der Waals surface area contributed by atoms with E-state index in [9.17, 15) is 8.78 Å². The van der Waals surface area contributed by atoms with E-state index in [1.807, 2.05) is 0 Å². The highest BCUT2D eigenvalue weighted by atomic mass is 35.5. The lowest BCUT2D eigenvalue weighted by Gasteiger charge is -2.02. The average Bonchev–Trinajstić information content (AvgIpc) is 2.28. The van der Waals surface area contributed by atoms with Crippen molar-refractivity contribution in [2.75, 3.05) is 0 Å². The van der Waals surface area contributed by atoms with Crippen molar-refractivity contribution in [2.45, 2.75) is 12.3 Å². The highest BCUT2D eigenvalue weighted by molar-refractivity contribution is 6.17. The standard InChI is InChI=1S/C12H9ClF2N2/c13-5-9-6-16-12(17-7-9)3-8-1-10(14)4-11(15)2-8/h1-2,4,6-7H,3,5H2. The lowest BCUT2D eigenvalue weighted by Crippen LogP contribution is -1.98. The number of nitrogens with zero attached hydrogens (tertiary/aromatic N) is 2. The number of rotatable bonds is 3. The molecule has 0 radical (unpaired) electrons. The minimum atomic E-state index is -0.600. The molecule has 0 saturated carbocycles. The number of benzene rings is 1. The van der Waals surface area contributed by atoms with E-state index in [1.54, 1.807) is 12.4 Å². The zero-order valence-corrected chi connectivity index (χ0v) is 9.59. The number of alkyl halides is 1. The Morgan fingerprint density at radius 3 is 2.06 bits per heavy atom. The van der Waals surface area contributed by atoms with Gasteiger partial charge >= 0.3 is 0 Å². The molecule has 1 heterocycles. The number of hydrogen-bond acceptors (Lipinski definition) is 2. The van der Waals surface area contributed by atoms with E-state index < -0.39 is 11.6 Å². The fourth-order valence-electron chi connectivity index (χ4n) is 1.44. The first-order chi connectivity index (χ1) is 8.17. The zero-order valence-electron chi connectivity index (χ0n) is 8.83. The minimum Gasteiger partial charge on any atom is -0.241 e. The van der Waals surface area contributed by atoms with Crippen LogP contribution in [0, 0.1) is 11.6 Å². The van der Waals surface area contributed by atoms with Crippen molar-refractivity contribution in [3.63, 3.8) is 0 Å². The molecule has 0 N–H and O–H groups in total. The Hall–Kier alpha value is -1.55. The van der Waals surface area contributed by atoms with Crippen molar-refractivity contribution in [1.82, 2.24) is 9.97 Å². The van der Waals surface area contributed by atoms with Gasteiger partial charge in [0.05, 0.1) is 5.88 Å². The van der Waals surface area contributed by atoms with E-state index >= 15 is 0 Å². The van der Waals surface area contributed by atoms with Gasteiger partial charge in [-0.15, -0.1) is 11.6 Å². The first-order valence-electron chi connectivity index (χ1n) is 4.98. The molecular weight excluding hydrogens is 246 g/mol. The van der Waals surface area contributed by atoms with Crippen LogP contribution in [0.15, 0.2) is 30.6 Å². The molecule has 0 saturated heterocycles. The maximum absolute atomic E-state index is 13.0. The molecule has 17 heavy (non-hydrogen) atoms. The summed E-state index contributed by atoms with van der Waals surface area (Å²) in [5.74, 6) is -0.354. The Morgan fingerprint density at radius 2 is 1.53 bits per heavy atom. The molecule has 2 aromatic rings. The van der Waals surface area contributed by atoms with E-state index in [1.165, 1.54) is 12.1 Å². The van der Waals surface area contributed by atoms with Gasteiger partial charge in [0.25, 0.3) is 0 Å². The molecule has 0 bridgehead atoms. The summed E-state index contributed by atoms with van der Waals surface area (Å²) in [5.41, 5.74) is 1.31. The van der Waals surface area contributed by atoms with Gasteiger partial charge in [0, 0.05) is 30.4 Å². The van der Waals surface area contributed by atoms with Gasteiger partial charge in [-0.2, -0.15) is 0 Å². The molecule has 0 unspecified atom stereocenters. The number of aromatic nitrogens is 2. The Morgan fingerprint density at radius 1 is 0.941 bits per heavy atom. The van der Waals surface area contributed by atoms with Gasteiger partial charge in [-0.1, -0.05) is 0 Å². The van der Waals surface area contributed by atoms with Crippen LogP contribution in [-0.4, -0.2) is 9.97 Å². The fraction of sp³-hybridized carbons (Fsp3) is 0.167. The Balaban J connectivity index is 2.19. The fourth-order valence-corrected chi connectivity index (χ4v) is 1.58. The van der Waals surface area contributed by atoms with Gasteiger partial charge in [0.2, 0.25) is 0 Å². The molecule has 0 aliphatic heterocycles. The van der Waals surface area contributed by atoms with Crippen LogP contribution >= 0.6 is 11.6 Å². The van der Waals surface area contributed by atoms with Gasteiger partial charge in [0.15, 0.2) is 0 Å². The summed E-state index contributed by atoms with van der Waals surface area (Å²) in [7, 11) is 0. The van der Waals surface area contributed by atoms with Crippen LogP contribution in [0.25, 0.3) is 0 Å². The van der Waals surface area contributed by atoms with Crippen LogP contribution in [0.1, 0.15) is 17.0 Å². The second-order valence-corrected chi connectivity index (χ2v) is 3.86. The Labute approximate surface area is 102 Å². The van der Waals surface area contributed by atoms with E-state index in [-0.39, 0.29) is 6.42 Å². The highest BCUT2D eigenvalue weighted by Crippen LogP contribution is 2.11. The molecule has 0 spiro atoms. The first kappa shape index (κ1) is 11.9. The second-order valence-electron chi connectivity index (χ2n) is 3.60. The molecule has 88 valence electrons. The van der Waals surface area contributed by atoms with E-state index in [0.29, 0.717) is 17.3 Å². The minimum absolute atomic E-state index is 0.289. The predicted molar refractivity (Wildman–Crippen MR) is 60.8 cm³/mol. The van der Waals surface area contributed by atoms with Crippen molar-refractivity contribution in [1.29, 1.82) is 0 Å². The highest BCUT2D eigenvalue weighted by Gasteiger charge is 2.04. The smallest absolute Gasteiger partial charge is 0.132 e. The normalized spacial score (nSPS) is 10.5. The maximum Gasteiger partial charge on any atom is 0.132 e. The van der Waals surface area contributed by atoms with E-state index in [2.05, 4.69) is 9.97 Å². The molecule has 0 fully saturated rings. The van der Waals surface area contributed by atoms with Crippen molar-refractivity contribution in [3.8, 4) is 0 Å². The van der Waals surface area contributed by atoms with Gasteiger partial charge in [-0.3, -0.25) is 0 Å². The molecule has 0 aliphatic rings. The van der Waals surface area contributed by atoms with Crippen LogP contribution < -0.4 is 0 Å². The SMILES string of the molecule is Fc1cc(F)cc(Cc2ncc(CCl)cn2)c1. The van der Waals surface area contributed by atoms with Crippen LogP contribution in [0.2, 0.25) is 0 Å². The molecule has 2 nitrogen and oxygen atoms in total. The third kappa shape index (κ3) is 3.20. The predicted octanol–water partition coefficient (Wildman–Crippen LogP) is 3.08. The lowest BCUT2D eigenvalue weighted by molar-refractivity contribution is 0.580. The van der Waals surface area contributed by atoms with Gasteiger partial charge in [-0.05, 0) is 17.7 Å². The Bertz CT molecular complexity index is 494. The number of hydrogen-bond donors (Lipinski definition) is 0. The molecular formula is C12H9ClF2N2. The Kier molecular flexibility index (Phi) is 3.64. The average molecular weight is 255 g/mol. The largest absolute Gasteiger partial charge is 0.241 e. The molecule has 5 heteroatoms. The second kappa shape index (κ2) is 5.19. The summed E-state index contributed by atoms with van der Waals surface area (Å²) >= 11 is 5.60. The van der Waals surface area contributed by atoms with Gasteiger partial charge in [0.1, 0.15) is 17.5 Å². The summed E-state index contributed by atoms with van der Waals surface area (Å²) in [6, 6.07) is 3.37. The van der Waals surface area contributed by atoms with Gasteiger partial charge < -0.3 is 0 Å². The van der Waals surface area contributed by atoms with Crippen molar-refractivity contribution in [2.24, 2.45) is 0 Å². The molecule has 1 aromatic carbocycles. The van der Waals surface area contributed by atoms with Crippen LogP contribution in [0.5, 0.6) is 0 Å². The van der Waals surface area contributed by atoms with Crippen LogP contribution in [-0.2, 0) is 12.3 Å². The van der Waals surface area contributed by atoms with Gasteiger partial charge in [-0.25, -0.2) is 18.7 Å². The molecule has 1 aromatic heterocycles. The van der Waals surface area contributed by atoms with Crippen LogP contribution in [0.4, 0.5) is 8.78 Å². The van der Waals surface area contributed by atoms with Crippen molar-refractivity contribution < 1.29 is 8.78 Å². The lowest BCUT2D eigenvalue weighted by atomic mass is 10.1. The zero-order chi connectivity index (χ0) is 12.3. The van der Waals surface area contributed by atoms with Crippen molar-refractivity contribution >= 4 is 11.6 Å². The summed E-state index contributed by atoms with van der Waals surface area (Å²) in [4.78, 5) is 8.13. The maximum atomic E-state index is 13.0. The van der Waals surface area contributed by atoms with E-state index in [4.69, 9.17) is 11.6 Å². The number of halogens is 3. The third-order valence-corrected chi connectivity index (χ3v) is 2.51. The summed E-state index contributed by atoms with van der Waals surface area (Å²) in [6.45, 7) is 0. The van der Waals surface area contributed by atoms with E-state index in [0.717, 1.165) is 11.6 Å². The summed E-state index contributed by atoms with van der Waals surface area (Å²) < 4.78 is 25.9. The van der Waals surface area contributed by atoms with Crippen molar-refractivity contribution in [3.05, 3.63) is 59.2 Å². The summed E-state index contributed by atoms with van der Waals surface area (Å²) in [5, 5.41) is 0. The molecule has 0 amide bonds.